The number of rotatable bonds is 2. The van der Waals surface area contributed by atoms with Crippen molar-refractivity contribution >= 4 is 27.3 Å². The first-order valence-corrected chi connectivity index (χ1v) is 8.50. The van der Waals surface area contributed by atoms with Crippen LogP contribution in [0.15, 0.2) is 22.4 Å². The maximum Gasteiger partial charge on any atom is 0.170 e. The first kappa shape index (κ1) is 15.8. The average Bonchev–Trinajstić information content (AvgIpc) is 2.71. The third kappa shape index (κ3) is 2.42. The third-order valence-electron chi connectivity index (χ3n) is 5.07. The Bertz CT molecular complexity index is 639. The highest BCUT2D eigenvalue weighted by molar-refractivity contribution is 9.10. The minimum Gasteiger partial charge on any atom is -0.511 e. The van der Waals surface area contributed by atoms with E-state index >= 15 is 0 Å². The molecule has 0 spiro atoms. The van der Waals surface area contributed by atoms with Crippen LogP contribution >= 0.6 is 15.9 Å². The summed E-state index contributed by atoms with van der Waals surface area (Å²) in [6.07, 6.45) is 2.56. The quantitative estimate of drug-likeness (QED) is 0.848. The van der Waals surface area contributed by atoms with Gasteiger partial charge in [0.2, 0.25) is 0 Å². The number of allylic oxidation sites excluding steroid dienone is 2. The zero-order valence-electron chi connectivity index (χ0n) is 13.1. The molecule has 3 nitrogen and oxygen atoms in total. The maximum absolute atomic E-state index is 12.9. The summed E-state index contributed by atoms with van der Waals surface area (Å²) in [6, 6.07) is 3.99. The molecule has 0 radical (unpaired) electrons. The number of hydrogen-bond acceptors (Lipinski definition) is 3. The summed E-state index contributed by atoms with van der Waals surface area (Å²) >= 11 is 3.48. The summed E-state index contributed by atoms with van der Waals surface area (Å²) in [7, 11) is 1.70. The molecule has 3 unspecified atom stereocenters. The van der Waals surface area contributed by atoms with Crippen molar-refractivity contribution < 1.29 is 14.6 Å². The number of carbonyl (C=O) groups is 1. The van der Waals surface area contributed by atoms with Gasteiger partial charge in [-0.05, 0) is 61.9 Å². The summed E-state index contributed by atoms with van der Waals surface area (Å²) in [6.45, 7) is 3.97. The molecule has 1 saturated carbocycles. The SMILES string of the molecule is COC1CCC2C(=O)C(c3c(C)cc(Br)cc3C)=C(O)C2C1. The summed E-state index contributed by atoms with van der Waals surface area (Å²) in [5.41, 5.74) is 3.47. The molecule has 1 fully saturated rings. The van der Waals surface area contributed by atoms with E-state index in [1.165, 1.54) is 0 Å². The summed E-state index contributed by atoms with van der Waals surface area (Å²) < 4.78 is 6.43. The van der Waals surface area contributed by atoms with E-state index in [4.69, 9.17) is 4.74 Å². The normalized spacial score (nSPS) is 28.2. The van der Waals surface area contributed by atoms with Crippen molar-refractivity contribution in [2.75, 3.05) is 7.11 Å². The maximum atomic E-state index is 12.9. The highest BCUT2D eigenvalue weighted by Crippen LogP contribution is 2.47. The van der Waals surface area contributed by atoms with Gasteiger partial charge >= 0.3 is 0 Å². The molecule has 22 heavy (non-hydrogen) atoms. The van der Waals surface area contributed by atoms with Gasteiger partial charge in [0, 0.05) is 23.4 Å². The van der Waals surface area contributed by atoms with Gasteiger partial charge in [0.25, 0.3) is 0 Å². The van der Waals surface area contributed by atoms with Gasteiger partial charge in [-0.15, -0.1) is 0 Å². The van der Waals surface area contributed by atoms with Crippen molar-refractivity contribution in [1.29, 1.82) is 0 Å². The van der Waals surface area contributed by atoms with Gasteiger partial charge in [0.05, 0.1) is 11.7 Å². The number of aliphatic hydroxyl groups is 1. The smallest absolute Gasteiger partial charge is 0.170 e. The van der Waals surface area contributed by atoms with Crippen LogP contribution in [-0.2, 0) is 9.53 Å². The van der Waals surface area contributed by atoms with E-state index in [-0.39, 0.29) is 29.5 Å². The highest BCUT2D eigenvalue weighted by atomic mass is 79.9. The summed E-state index contributed by atoms with van der Waals surface area (Å²) in [5.74, 6) is 0.211. The number of benzene rings is 1. The van der Waals surface area contributed by atoms with Crippen molar-refractivity contribution in [3.8, 4) is 0 Å². The number of aryl methyl sites for hydroxylation is 2. The van der Waals surface area contributed by atoms with Gasteiger partial charge in [-0.3, -0.25) is 4.79 Å². The van der Waals surface area contributed by atoms with Crippen LogP contribution in [0.3, 0.4) is 0 Å². The zero-order chi connectivity index (χ0) is 16.0. The number of halogens is 1. The Kier molecular flexibility index (Phi) is 4.17. The molecule has 4 heteroatoms. The van der Waals surface area contributed by atoms with Crippen LogP contribution in [-0.4, -0.2) is 24.1 Å². The highest BCUT2D eigenvalue weighted by Gasteiger charge is 2.46. The average molecular weight is 365 g/mol. The van der Waals surface area contributed by atoms with Gasteiger partial charge in [0.15, 0.2) is 5.78 Å². The Hall–Kier alpha value is -1.13. The lowest BCUT2D eigenvalue weighted by atomic mass is 9.78. The van der Waals surface area contributed by atoms with E-state index < -0.39 is 0 Å². The summed E-state index contributed by atoms with van der Waals surface area (Å²) in [5, 5.41) is 10.7. The number of hydrogen-bond donors (Lipinski definition) is 1. The van der Waals surface area contributed by atoms with Crippen LogP contribution in [0, 0.1) is 25.7 Å². The van der Waals surface area contributed by atoms with Crippen molar-refractivity contribution in [3.05, 3.63) is 39.1 Å². The standard InChI is InChI=1S/C18H21BrO3/c1-9-6-11(19)7-10(2)15(9)16-17(20)13-5-4-12(22-3)8-14(13)18(16)21/h6-7,12-14,21H,4-5,8H2,1-3H3. The lowest BCUT2D eigenvalue weighted by Gasteiger charge is -2.30. The number of methoxy groups -OCH3 is 1. The van der Waals surface area contributed by atoms with Crippen molar-refractivity contribution in [3.63, 3.8) is 0 Å². The van der Waals surface area contributed by atoms with Gasteiger partial charge in [-0.2, -0.15) is 0 Å². The lowest BCUT2D eigenvalue weighted by molar-refractivity contribution is -0.119. The molecule has 3 atom stereocenters. The number of aliphatic hydroxyl groups excluding tert-OH is 1. The predicted octanol–water partition coefficient (Wildman–Crippen LogP) is 4.35. The number of ether oxygens (including phenoxy) is 1. The van der Waals surface area contributed by atoms with Crippen molar-refractivity contribution in [2.45, 2.75) is 39.2 Å². The number of fused-ring (bicyclic) bond motifs is 1. The Morgan fingerprint density at radius 1 is 1.18 bits per heavy atom. The zero-order valence-corrected chi connectivity index (χ0v) is 14.7. The largest absolute Gasteiger partial charge is 0.511 e. The van der Waals surface area contributed by atoms with E-state index in [2.05, 4.69) is 15.9 Å². The summed E-state index contributed by atoms with van der Waals surface area (Å²) in [4.78, 5) is 12.9. The van der Waals surface area contributed by atoms with E-state index in [1.807, 2.05) is 26.0 Å². The van der Waals surface area contributed by atoms with Crippen LogP contribution in [0.5, 0.6) is 0 Å². The number of Topliss-reactive ketones (excluding diaryl/α,β-unsaturated/α-hetero) is 1. The van der Waals surface area contributed by atoms with Crippen LogP contribution in [0.4, 0.5) is 0 Å². The van der Waals surface area contributed by atoms with Gasteiger partial charge in [-0.25, -0.2) is 0 Å². The van der Waals surface area contributed by atoms with Gasteiger partial charge < -0.3 is 9.84 Å². The first-order chi connectivity index (χ1) is 10.4. The van der Waals surface area contributed by atoms with Crippen molar-refractivity contribution in [1.82, 2.24) is 0 Å². The fourth-order valence-electron chi connectivity index (χ4n) is 4.02. The van der Waals surface area contributed by atoms with E-state index in [1.54, 1.807) is 7.11 Å². The Morgan fingerprint density at radius 2 is 1.82 bits per heavy atom. The third-order valence-corrected chi connectivity index (χ3v) is 5.53. The second kappa shape index (κ2) is 5.82. The minimum absolute atomic E-state index is 0.0798. The fraction of sp³-hybridized carbons (Fsp3) is 0.500. The van der Waals surface area contributed by atoms with Crippen molar-refractivity contribution in [2.24, 2.45) is 11.8 Å². The molecule has 0 bridgehead atoms. The molecule has 118 valence electrons. The topological polar surface area (TPSA) is 46.5 Å². The molecule has 0 aliphatic heterocycles. The molecule has 0 amide bonds. The minimum atomic E-state index is -0.0800. The van der Waals surface area contributed by atoms with Crippen LogP contribution in [0.2, 0.25) is 0 Å². The molecule has 1 aromatic rings. The molecular formula is C18H21BrO3. The molecule has 2 aliphatic rings. The fourth-order valence-corrected chi connectivity index (χ4v) is 4.70. The second-order valence-corrected chi connectivity index (χ2v) is 7.34. The Morgan fingerprint density at radius 3 is 2.41 bits per heavy atom. The molecule has 2 aliphatic carbocycles. The van der Waals surface area contributed by atoms with Gasteiger partial charge in [-0.1, -0.05) is 15.9 Å². The molecular weight excluding hydrogens is 344 g/mol. The first-order valence-electron chi connectivity index (χ1n) is 7.71. The molecule has 3 rings (SSSR count). The molecule has 1 N–H and O–H groups in total. The van der Waals surface area contributed by atoms with Crippen LogP contribution in [0.1, 0.15) is 36.0 Å². The second-order valence-electron chi connectivity index (χ2n) is 6.42. The lowest BCUT2D eigenvalue weighted by Crippen LogP contribution is -2.30. The van der Waals surface area contributed by atoms with E-state index in [0.29, 0.717) is 5.57 Å². The monoisotopic (exact) mass is 364 g/mol. The van der Waals surface area contributed by atoms with Crippen LogP contribution in [0.25, 0.3) is 5.57 Å². The van der Waals surface area contributed by atoms with Crippen LogP contribution < -0.4 is 0 Å². The van der Waals surface area contributed by atoms with Gasteiger partial charge in [0.1, 0.15) is 5.76 Å². The molecule has 0 saturated heterocycles. The Labute approximate surface area is 139 Å². The van der Waals surface area contributed by atoms with E-state index in [9.17, 15) is 9.90 Å². The molecule has 1 aromatic carbocycles. The number of ketones is 1. The molecule has 0 heterocycles. The Balaban J connectivity index is 2.07. The van der Waals surface area contributed by atoms with E-state index in [0.717, 1.165) is 40.4 Å². The predicted molar refractivity (Wildman–Crippen MR) is 89.8 cm³/mol. The molecule has 0 aromatic heterocycles. The number of carbonyl (C=O) groups excluding carboxylic acids is 1.